The maximum absolute atomic E-state index is 11.9. The Hall–Kier alpha value is -1.35. The van der Waals surface area contributed by atoms with Gasteiger partial charge in [0.05, 0.1) is 0 Å². The maximum Gasteiger partial charge on any atom is 0.223 e. The van der Waals surface area contributed by atoms with E-state index < -0.39 is 0 Å². The molecule has 0 saturated carbocycles. The monoisotopic (exact) mass is 248 g/mol. The number of benzene rings is 1. The molecule has 0 saturated heterocycles. The third-order valence-electron chi connectivity index (χ3n) is 3.04. The molecule has 0 fully saturated rings. The fourth-order valence-corrected chi connectivity index (χ4v) is 1.90. The first-order valence-electron chi connectivity index (χ1n) is 6.64. The molecule has 0 heterocycles. The highest BCUT2D eigenvalue weighted by Gasteiger charge is 2.12. The molecule has 0 bridgehead atoms. The summed E-state index contributed by atoms with van der Waals surface area (Å²) in [6.45, 7) is 5.79. The van der Waals surface area contributed by atoms with Gasteiger partial charge in [-0.2, -0.15) is 0 Å². The topological polar surface area (TPSA) is 32.3 Å². The zero-order valence-electron chi connectivity index (χ0n) is 11.6. The summed E-state index contributed by atoms with van der Waals surface area (Å²) in [5.74, 6) is 0.208. The van der Waals surface area contributed by atoms with Crippen LogP contribution in [0.5, 0.6) is 0 Å². The Morgan fingerprint density at radius 2 is 2.00 bits per heavy atom. The van der Waals surface area contributed by atoms with Crippen LogP contribution in [0.3, 0.4) is 0 Å². The third-order valence-corrected chi connectivity index (χ3v) is 3.04. The number of rotatable bonds is 7. The molecule has 0 aliphatic rings. The highest BCUT2D eigenvalue weighted by Crippen LogP contribution is 2.02. The van der Waals surface area contributed by atoms with Crippen LogP contribution < -0.4 is 5.32 Å². The summed E-state index contributed by atoms with van der Waals surface area (Å²) in [6, 6.07) is 10.5. The Morgan fingerprint density at radius 1 is 1.33 bits per heavy atom. The SMILES string of the molecule is CCNC(C)CC(=O)N(C)CCc1ccccc1. The second-order valence-electron chi connectivity index (χ2n) is 4.71. The minimum Gasteiger partial charge on any atom is -0.345 e. The largest absolute Gasteiger partial charge is 0.345 e. The average molecular weight is 248 g/mol. The number of amides is 1. The first-order valence-corrected chi connectivity index (χ1v) is 6.64. The molecule has 1 atom stereocenters. The second-order valence-corrected chi connectivity index (χ2v) is 4.71. The molecule has 0 aliphatic carbocycles. The van der Waals surface area contributed by atoms with Crippen molar-refractivity contribution in [2.75, 3.05) is 20.1 Å². The highest BCUT2D eigenvalue weighted by molar-refractivity contribution is 5.76. The van der Waals surface area contributed by atoms with Gasteiger partial charge >= 0.3 is 0 Å². The summed E-state index contributed by atoms with van der Waals surface area (Å²) in [7, 11) is 1.88. The van der Waals surface area contributed by atoms with Crippen molar-refractivity contribution >= 4 is 5.91 Å². The van der Waals surface area contributed by atoms with Gasteiger partial charge in [-0.25, -0.2) is 0 Å². The number of carbonyl (C=O) groups excluding carboxylic acids is 1. The maximum atomic E-state index is 11.9. The number of nitrogens with zero attached hydrogens (tertiary/aromatic N) is 1. The van der Waals surface area contributed by atoms with E-state index in [1.165, 1.54) is 5.56 Å². The Bertz CT molecular complexity index is 351. The van der Waals surface area contributed by atoms with E-state index in [1.807, 2.05) is 37.1 Å². The lowest BCUT2D eigenvalue weighted by atomic mass is 10.1. The van der Waals surface area contributed by atoms with Gasteiger partial charge in [-0.15, -0.1) is 0 Å². The minimum atomic E-state index is 0.208. The van der Waals surface area contributed by atoms with Gasteiger partial charge in [0.1, 0.15) is 0 Å². The summed E-state index contributed by atoms with van der Waals surface area (Å²) < 4.78 is 0. The van der Waals surface area contributed by atoms with Crippen molar-refractivity contribution < 1.29 is 4.79 Å². The molecular formula is C15H24N2O. The van der Waals surface area contributed by atoms with Crippen molar-refractivity contribution in [3.63, 3.8) is 0 Å². The molecule has 0 aromatic heterocycles. The molecule has 1 rings (SSSR count). The molecule has 1 aromatic carbocycles. The van der Waals surface area contributed by atoms with Crippen LogP contribution in [0.2, 0.25) is 0 Å². The number of hydrogen-bond donors (Lipinski definition) is 1. The number of carbonyl (C=O) groups is 1. The van der Waals surface area contributed by atoms with Crippen LogP contribution in [0.15, 0.2) is 30.3 Å². The van der Waals surface area contributed by atoms with Gasteiger partial charge in [-0.05, 0) is 25.5 Å². The zero-order valence-corrected chi connectivity index (χ0v) is 11.6. The molecule has 0 spiro atoms. The summed E-state index contributed by atoms with van der Waals surface area (Å²) in [5.41, 5.74) is 1.27. The number of nitrogens with one attached hydrogen (secondary N) is 1. The molecule has 18 heavy (non-hydrogen) atoms. The molecule has 100 valence electrons. The predicted molar refractivity (Wildman–Crippen MR) is 75.5 cm³/mol. The van der Waals surface area contributed by atoms with Crippen LogP contribution in [-0.2, 0) is 11.2 Å². The van der Waals surface area contributed by atoms with Crippen LogP contribution in [0.1, 0.15) is 25.8 Å². The summed E-state index contributed by atoms with van der Waals surface area (Å²) in [6.07, 6.45) is 1.48. The summed E-state index contributed by atoms with van der Waals surface area (Å²) in [5, 5.41) is 3.26. The van der Waals surface area contributed by atoms with Crippen molar-refractivity contribution in [1.82, 2.24) is 10.2 Å². The Kier molecular flexibility index (Phi) is 6.44. The van der Waals surface area contributed by atoms with E-state index in [2.05, 4.69) is 24.4 Å². The highest BCUT2D eigenvalue weighted by atomic mass is 16.2. The van der Waals surface area contributed by atoms with Crippen molar-refractivity contribution in [3.05, 3.63) is 35.9 Å². The van der Waals surface area contributed by atoms with Crippen LogP contribution in [0.25, 0.3) is 0 Å². The quantitative estimate of drug-likeness (QED) is 0.801. The van der Waals surface area contributed by atoms with Crippen LogP contribution >= 0.6 is 0 Å². The Labute approximate surface area is 110 Å². The minimum absolute atomic E-state index is 0.208. The van der Waals surface area contributed by atoms with E-state index in [0.29, 0.717) is 6.42 Å². The lowest BCUT2D eigenvalue weighted by Crippen LogP contribution is -2.35. The first kappa shape index (κ1) is 14.7. The fraction of sp³-hybridized carbons (Fsp3) is 0.533. The van der Waals surface area contributed by atoms with Crippen LogP contribution in [0.4, 0.5) is 0 Å². The van der Waals surface area contributed by atoms with E-state index >= 15 is 0 Å². The van der Waals surface area contributed by atoms with E-state index in [1.54, 1.807) is 0 Å². The molecule has 1 amide bonds. The van der Waals surface area contributed by atoms with Crippen LogP contribution in [0, 0.1) is 0 Å². The normalized spacial score (nSPS) is 12.2. The van der Waals surface area contributed by atoms with Crippen molar-refractivity contribution in [2.24, 2.45) is 0 Å². The average Bonchev–Trinajstić information content (AvgIpc) is 2.37. The van der Waals surface area contributed by atoms with Gasteiger partial charge < -0.3 is 10.2 Å². The fourth-order valence-electron chi connectivity index (χ4n) is 1.90. The molecule has 3 heteroatoms. The van der Waals surface area contributed by atoms with Gasteiger partial charge in [0.15, 0.2) is 0 Å². The lowest BCUT2D eigenvalue weighted by Gasteiger charge is -2.20. The number of hydrogen-bond acceptors (Lipinski definition) is 2. The first-order chi connectivity index (χ1) is 8.63. The molecular weight excluding hydrogens is 224 g/mol. The van der Waals surface area contributed by atoms with Crippen molar-refractivity contribution in [3.8, 4) is 0 Å². The van der Waals surface area contributed by atoms with E-state index in [0.717, 1.165) is 19.5 Å². The molecule has 3 nitrogen and oxygen atoms in total. The third kappa shape index (κ3) is 5.32. The van der Waals surface area contributed by atoms with Gasteiger partial charge in [0.25, 0.3) is 0 Å². The molecule has 1 N–H and O–H groups in total. The summed E-state index contributed by atoms with van der Waals surface area (Å²) in [4.78, 5) is 13.8. The standard InChI is InChI=1S/C15H24N2O/c1-4-16-13(2)12-15(18)17(3)11-10-14-8-6-5-7-9-14/h5-9,13,16H,4,10-12H2,1-3H3. The van der Waals surface area contributed by atoms with Gasteiger partial charge in [0, 0.05) is 26.1 Å². The Morgan fingerprint density at radius 3 is 2.61 bits per heavy atom. The number of likely N-dealkylation sites (N-methyl/N-ethyl adjacent to an activating group) is 1. The van der Waals surface area contributed by atoms with Crippen molar-refractivity contribution in [2.45, 2.75) is 32.7 Å². The van der Waals surface area contributed by atoms with Gasteiger partial charge in [-0.3, -0.25) is 4.79 Å². The van der Waals surface area contributed by atoms with E-state index in [4.69, 9.17) is 0 Å². The molecule has 0 aliphatic heterocycles. The smallest absolute Gasteiger partial charge is 0.223 e. The van der Waals surface area contributed by atoms with Crippen molar-refractivity contribution in [1.29, 1.82) is 0 Å². The van der Waals surface area contributed by atoms with E-state index in [9.17, 15) is 4.79 Å². The summed E-state index contributed by atoms with van der Waals surface area (Å²) >= 11 is 0. The second kappa shape index (κ2) is 7.88. The molecule has 1 unspecified atom stereocenters. The van der Waals surface area contributed by atoms with Crippen LogP contribution in [-0.4, -0.2) is 37.0 Å². The molecule has 1 aromatic rings. The van der Waals surface area contributed by atoms with Gasteiger partial charge in [0.2, 0.25) is 5.91 Å². The molecule has 0 radical (unpaired) electrons. The zero-order chi connectivity index (χ0) is 13.4. The predicted octanol–water partition coefficient (Wildman–Crippen LogP) is 2.08. The van der Waals surface area contributed by atoms with Gasteiger partial charge in [-0.1, -0.05) is 37.3 Å². The van der Waals surface area contributed by atoms with E-state index in [-0.39, 0.29) is 11.9 Å². The Balaban J connectivity index is 2.32. The lowest BCUT2D eigenvalue weighted by molar-refractivity contribution is -0.130.